The second-order valence-electron chi connectivity index (χ2n) is 5.39. The Bertz CT molecular complexity index is 183. The Morgan fingerprint density at radius 2 is 1.88 bits per heavy atom. The van der Waals surface area contributed by atoms with Gasteiger partial charge in [0.2, 0.25) is 0 Å². The summed E-state index contributed by atoms with van der Waals surface area (Å²) in [6.45, 7) is 10.6. The van der Waals surface area contributed by atoms with E-state index in [1.54, 1.807) is 0 Å². The van der Waals surface area contributed by atoms with Crippen molar-refractivity contribution in [3.05, 3.63) is 4.91 Å². The molecule has 0 aliphatic heterocycles. The van der Waals surface area contributed by atoms with E-state index in [2.05, 4.69) is 31.3 Å². The molecule has 1 N–H and O–H groups in total. The molecule has 0 bridgehead atoms. The maximum Gasteiger partial charge on any atom is 0.0999 e. The number of rotatable bonds is 10. The fourth-order valence-corrected chi connectivity index (χ4v) is 1.76. The predicted octanol–water partition coefficient (Wildman–Crippen LogP) is 3.73. The first-order chi connectivity index (χ1) is 7.54. The molecule has 0 aromatic carbocycles. The van der Waals surface area contributed by atoms with Gasteiger partial charge in [-0.15, -0.1) is 0 Å². The third kappa shape index (κ3) is 7.80. The van der Waals surface area contributed by atoms with E-state index in [1.165, 1.54) is 0 Å². The topological polar surface area (TPSA) is 41.5 Å². The van der Waals surface area contributed by atoms with Crippen molar-refractivity contribution in [1.29, 1.82) is 0 Å². The molecular formula is C13H28N2O. The fraction of sp³-hybridized carbons (Fsp3) is 1.00. The van der Waals surface area contributed by atoms with E-state index < -0.39 is 0 Å². The van der Waals surface area contributed by atoms with Crippen molar-refractivity contribution in [2.24, 2.45) is 11.1 Å². The SMILES string of the molecule is CCCCC(C)(CCCNCC(C)C)N=O. The van der Waals surface area contributed by atoms with Gasteiger partial charge in [0, 0.05) is 0 Å². The van der Waals surface area contributed by atoms with Crippen LogP contribution < -0.4 is 5.32 Å². The molecule has 1 unspecified atom stereocenters. The molecule has 96 valence electrons. The normalized spacial score (nSPS) is 15.1. The molecule has 1 atom stereocenters. The van der Waals surface area contributed by atoms with Crippen molar-refractivity contribution < 1.29 is 0 Å². The molecule has 0 aromatic rings. The van der Waals surface area contributed by atoms with Gasteiger partial charge < -0.3 is 5.32 Å². The summed E-state index contributed by atoms with van der Waals surface area (Å²) in [6, 6.07) is 0. The van der Waals surface area contributed by atoms with Gasteiger partial charge in [0.15, 0.2) is 0 Å². The van der Waals surface area contributed by atoms with Crippen molar-refractivity contribution >= 4 is 0 Å². The van der Waals surface area contributed by atoms with E-state index in [1.807, 2.05) is 6.92 Å². The second-order valence-corrected chi connectivity index (χ2v) is 5.39. The molecule has 0 aliphatic rings. The third-order valence-corrected chi connectivity index (χ3v) is 2.91. The van der Waals surface area contributed by atoms with Gasteiger partial charge in [-0.1, -0.05) is 38.8 Å². The van der Waals surface area contributed by atoms with Crippen LogP contribution in [0.2, 0.25) is 0 Å². The smallest absolute Gasteiger partial charge is 0.0999 e. The van der Waals surface area contributed by atoms with E-state index in [9.17, 15) is 4.91 Å². The largest absolute Gasteiger partial charge is 0.316 e. The summed E-state index contributed by atoms with van der Waals surface area (Å²) in [5.74, 6) is 0.690. The Labute approximate surface area is 100 Å². The van der Waals surface area contributed by atoms with Crippen LogP contribution in [-0.4, -0.2) is 18.6 Å². The van der Waals surface area contributed by atoms with Crippen molar-refractivity contribution in [2.75, 3.05) is 13.1 Å². The molecule has 0 heterocycles. The molecule has 3 nitrogen and oxygen atoms in total. The molecule has 0 saturated heterocycles. The fourth-order valence-electron chi connectivity index (χ4n) is 1.76. The lowest BCUT2D eigenvalue weighted by Crippen LogP contribution is -2.25. The van der Waals surface area contributed by atoms with Crippen LogP contribution in [0.1, 0.15) is 59.8 Å². The Balaban J connectivity index is 3.65. The lowest BCUT2D eigenvalue weighted by molar-refractivity contribution is 0.371. The summed E-state index contributed by atoms with van der Waals surface area (Å²) < 4.78 is 0. The summed E-state index contributed by atoms with van der Waals surface area (Å²) in [5, 5.41) is 6.71. The van der Waals surface area contributed by atoms with Crippen LogP contribution >= 0.6 is 0 Å². The van der Waals surface area contributed by atoms with E-state index in [4.69, 9.17) is 0 Å². The van der Waals surface area contributed by atoms with Crippen LogP contribution in [0.4, 0.5) is 0 Å². The number of nitrogens with zero attached hydrogens (tertiary/aromatic N) is 1. The molecule has 0 aromatic heterocycles. The van der Waals surface area contributed by atoms with Crippen molar-refractivity contribution in [1.82, 2.24) is 5.32 Å². The van der Waals surface area contributed by atoms with Crippen LogP contribution in [-0.2, 0) is 0 Å². The van der Waals surface area contributed by atoms with Crippen molar-refractivity contribution in [3.63, 3.8) is 0 Å². The van der Waals surface area contributed by atoms with Crippen LogP contribution in [0.25, 0.3) is 0 Å². The molecule has 0 radical (unpaired) electrons. The highest BCUT2D eigenvalue weighted by Crippen LogP contribution is 2.23. The van der Waals surface area contributed by atoms with E-state index in [-0.39, 0.29) is 5.54 Å². The van der Waals surface area contributed by atoms with Crippen LogP contribution in [0.5, 0.6) is 0 Å². The van der Waals surface area contributed by atoms with Gasteiger partial charge in [0.1, 0.15) is 0 Å². The van der Waals surface area contributed by atoms with Crippen LogP contribution in [0.15, 0.2) is 5.18 Å². The number of hydrogen-bond donors (Lipinski definition) is 1. The Hall–Kier alpha value is -0.440. The molecule has 0 saturated carbocycles. The standard InChI is InChI=1S/C13H28N2O/c1-5-6-8-13(4,15-16)9-7-10-14-11-12(2)3/h12,14H,5-11H2,1-4H3. The van der Waals surface area contributed by atoms with Crippen molar-refractivity contribution in [3.8, 4) is 0 Å². The second kappa shape index (κ2) is 8.68. The third-order valence-electron chi connectivity index (χ3n) is 2.91. The first-order valence-electron chi connectivity index (χ1n) is 6.59. The minimum Gasteiger partial charge on any atom is -0.316 e. The van der Waals surface area contributed by atoms with E-state index >= 15 is 0 Å². The van der Waals surface area contributed by atoms with Gasteiger partial charge >= 0.3 is 0 Å². The van der Waals surface area contributed by atoms with Crippen molar-refractivity contribution in [2.45, 2.75) is 65.3 Å². The summed E-state index contributed by atoms with van der Waals surface area (Å²) in [5.41, 5.74) is -0.338. The summed E-state index contributed by atoms with van der Waals surface area (Å²) in [7, 11) is 0. The van der Waals surface area contributed by atoms with E-state index in [0.717, 1.165) is 45.2 Å². The van der Waals surface area contributed by atoms with Gasteiger partial charge in [-0.2, -0.15) is 4.91 Å². The van der Waals surface area contributed by atoms with Gasteiger partial charge in [-0.05, 0) is 45.2 Å². The lowest BCUT2D eigenvalue weighted by Gasteiger charge is -2.21. The maximum atomic E-state index is 10.8. The Morgan fingerprint density at radius 3 is 2.38 bits per heavy atom. The minimum atomic E-state index is -0.338. The average molecular weight is 228 g/mol. The summed E-state index contributed by atoms with van der Waals surface area (Å²) in [4.78, 5) is 10.8. The lowest BCUT2D eigenvalue weighted by atomic mass is 9.91. The van der Waals surface area contributed by atoms with Gasteiger partial charge in [-0.3, -0.25) is 0 Å². The van der Waals surface area contributed by atoms with Gasteiger partial charge in [0.25, 0.3) is 0 Å². The first kappa shape index (κ1) is 15.6. The Kier molecular flexibility index (Phi) is 8.44. The number of hydrogen-bond acceptors (Lipinski definition) is 3. The zero-order valence-corrected chi connectivity index (χ0v) is 11.4. The predicted molar refractivity (Wildman–Crippen MR) is 70.7 cm³/mol. The highest BCUT2D eigenvalue weighted by molar-refractivity contribution is 4.82. The molecule has 0 amide bonds. The monoisotopic (exact) mass is 228 g/mol. The molecule has 3 heteroatoms. The maximum absolute atomic E-state index is 10.8. The molecule has 16 heavy (non-hydrogen) atoms. The Morgan fingerprint density at radius 1 is 1.25 bits per heavy atom. The average Bonchev–Trinajstić information content (AvgIpc) is 2.25. The molecule has 0 fully saturated rings. The van der Waals surface area contributed by atoms with Crippen LogP contribution in [0, 0.1) is 10.8 Å². The van der Waals surface area contributed by atoms with Gasteiger partial charge in [-0.25, -0.2) is 0 Å². The molecule has 0 spiro atoms. The zero-order valence-electron chi connectivity index (χ0n) is 11.4. The highest BCUT2D eigenvalue weighted by atomic mass is 16.3. The van der Waals surface area contributed by atoms with Crippen LogP contribution in [0.3, 0.4) is 0 Å². The molecule has 0 aliphatic carbocycles. The zero-order chi connectivity index (χ0) is 12.4. The minimum absolute atomic E-state index is 0.338. The quantitative estimate of drug-likeness (QED) is 0.457. The van der Waals surface area contributed by atoms with Gasteiger partial charge in [0.05, 0.1) is 5.54 Å². The summed E-state index contributed by atoms with van der Waals surface area (Å²) >= 11 is 0. The number of unbranched alkanes of at least 4 members (excludes halogenated alkanes) is 1. The highest BCUT2D eigenvalue weighted by Gasteiger charge is 2.23. The summed E-state index contributed by atoms with van der Waals surface area (Å²) in [6.07, 6.45) is 5.11. The molecule has 0 rings (SSSR count). The number of nitrogens with one attached hydrogen (secondary N) is 1. The number of nitroso groups, excluding NO2 is 1. The first-order valence-corrected chi connectivity index (χ1v) is 6.59. The molecular weight excluding hydrogens is 200 g/mol. The van der Waals surface area contributed by atoms with E-state index in [0.29, 0.717) is 5.92 Å².